The standard InChI is InChI=1S/C11H24N2O2/c1-11(2,3)9(12-15)10(14)13-7-5-4-6-8-13/h9-10,12,14-15H,4-8H2,1-3H3/t9-,10+/m1/s1. The van der Waals surface area contributed by atoms with E-state index in [1.54, 1.807) is 0 Å². The summed E-state index contributed by atoms with van der Waals surface area (Å²) >= 11 is 0. The van der Waals surface area contributed by atoms with Crippen LogP contribution in [0.1, 0.15) is 40.0 Å². The van der Waals surface area contributed by atoms with E-state index in [1.165, 1.54) is 6.42 Å². The fraction of sp³-hybridized carbons (Fsp3) is 1.00. The average Bonchev–Trinajstić information content (AvgIpc) is 2.18. The molecule has 0 aromatic carbocycles. The van der Waals surface area contributed by atoms with Gasteiger partial charge in [0.05, 0.1) is 6.04 Å². The molecule has 1 saturated heterocycles. The molecule has 15 heavy (non-hydrogen) atoms. The van der Waals surface area contributed by atoms with Crippen molar-refractivity contribution in [1.82, 2.24) is 10.4 Å². The largest absolute Gasteiger partial charge is 0.377 e. The van der Waals surface area contributed by atoms with E-state index in [2.05, 4.69) is 5.48 Å². The molecule has 1 aliphatic heterocycles. The lowest BCUT2D eigenvalue weighted by molar-refractivity contribution is -0.0939. The molecule has 2 atom stereocenters. The summed E-state index contributed by atoms with van der Waals surface area (Å²) in [4.78, 5) is 2.04. The first-order valence-electron chi connectivity index (χ1n) is 5.78. The molecule has 1 heterocycles. The molecule has 0 aliphatic carbocycles. The Morgan fingerprint density at radius 3 is 2.07 bits per heavy atom. The minimum atomic E-state index is -0.602. The zero-order valence-corrected chi connectivity index (χ0v) is 10.0. The quantitative estimate of drug-likeness (QED) is 0.620. The van der Waals surface area contributed by atoms with Gasteiger partial charge < -0.3 is 10.3 Å². The van der Waals surface area contributed by atoms with Crippen LogP contribution in [0.25, 0.3) is 0 Å². The molecule has 90 valence electrons. The molecule has 0 bridgehead atoms. The molecular weight excluding hydrogens is 192 g/mol. The molecule has 0 aromatic rings. The van der Waals surface area contributed by atoms with E-state index in [0.717, 1.165) is 25.9 Å². The molecule has 0 amide bonds. The minimum absolute atomic E-state index is 0.161. The molecule has 0 radical (unpaired) electrons. The van der Waals surface area contributed by atoms with Crippen molar-refractivity contribution < 1.29 is 10.3 Å². The molecular formula is C11H24N2O2. The smallest absolute Gasteiger partial charge is 0.125 e. The fourth-order valence-corrected chi connectivity index (χ4v) is 2.10. The van der Waals surface area contributed by atoms with Crippen LogP contribution in [-0.2, 0) is 0 Å². The first kappa shape index (κ1) is 12.9. The van der Waals surface area contributed by atoms with Crippen LogP contribution in [0.4, 0.5) is 0 Å². The fourth-order valence-electron chi connectivity index (χ4n) is 2.10. The van der Waals surface area contributed by atoms with E-state index < -0.39 is 6.23 Å². The van der Waals surface area contributed by atoms with Crippen molar-refractivity contribution in [3.8, 4) is 0 Å². The number of nitrogens with one attached hydrogen (secondary N) is 1. The summed E-state index contributed by atoms with van der Waals surface area (Å²) in [6, 6.07) is -0.310. The van der Waals surface area contributed by atoms with Crippen molar-refractivity contribution in [2.45, 2.75) is 52.3 Å². The monoisotopic (exact) mass is 216 g/mol. The Hall–Kier alpha value is -0.160. The number of nitrogens with zero attached hydrogens (tertiary/aromatic N) is 1. The minimum Gasteiger partial charge on any atom is -0.377 e. The van der Waals surface area contributed by atoms with E-state index >= 15 is 0 Å². The zero-order valence-electron chi connectivity index (χ0n) is 10.0. The second-order valence-electron chi connectivity index (χ2n) is 5.48. The maximum Gasteiger partial charge on any atom is 0.125 e. The third-order valence-electron chi connectivity index (χ3n) is 3.14. The van der Waals surface area contributed by atoms with Gasteiger partial charge in [-0.2, -0.15) is 5.48 Å². The molecule has 3 N–H and O–H groups in total. The molecule has 1 aliphatic rings. The summed E-state index contributed by atoms with van der Waals surface area (Å²) in [7, 11) is 0. The summed E-state index contributed by atoms with van der Waals surface area (Å²) in [5.41, 5.74) is 2.09. The van der Waals surface area contributed by atoms with Crippen LogP contribution < -0.4 is 5.48 Å². The van der Waals surface area contributed by atoms with E-state index in [4.69, 9.17) is 5.21 Å². The Morgan fingerprint density at radius 2 is 1.67 bits per heavy atom. The van der Waals surface area contributed by atoms with Gasteiger partial charge in [0, 0.05) is 13.1 Å². The number of hydrogen-bond donors (Lipinski definition) is 3. The van der Waals surface area contributed by atoms with Crippen molar-refractivity contribution in [3.05, 3.63) is 0 Å². The highest BCUT2D eigenvalue weighted by Gasteiger charge is 2.34. The lowest BCUT2D eigenvalue weighted by Crippen LogP contribution is -2.56. The van der Waals surface area contributed by atoms with Crippen molar-refractivity contribution in [2.75, 3.05) is 13.1 Å². The maximum absolute atomic E-state index is 10.2. The SMILES string of the molecule is CC(C)(C)[C@H](NO)[C@H](O)N1CCCCC1. The second kappa shape index (κ2) is 5.25. The molecule has 1 rings (SSSR count). The number of hydrogen-bond acceptors (Lipinski definition) is 4. The molecule has 0 aromatic heterocycles. The van der Waals surface area contributed by atoms with Gasteiger partial charge in [-0.25, -0.2) is 0 Å². The van der Waals surface area contributed by atoms with Crippen LogP contribution in [0.15, 0.2) is 0 Å². The summed E-state index contributed by atoms with van der Waals surface area (Å²) in [5.74, 6) is 0. The van der Waals surface area contributed by atoms with E-state index in [0.29, 0.717) is 0 Å². The van der Waals surface area contributed by atoms with Crippen molar-refractivity contribution in [2.24, 2.45) is 5.41 Å². The summed E-state index contributed by atoms with van der Waals surface area (Å²) in [5, 5.41) is 19.3. The van der Waals surface area contributed by atoms with Gasteiger partial charge in [0.2, 0.25) is 0 Å². The molecule has 4 heteroatoms. The number of aliphatic hydroxyl groups is 1. The van der Waals surface area contributed by atoms with Gasteiger partial charge in [0.1, 0.15) is 6.23 Å². The molecule has 0 unspecified atom stereocenters. The van der Waals surface area contributed by atoms with Gasteiger partial charge in [-0.15, -0.1) is 0 Å². The van der Waals surface area contributed by atoms with Crippen molar-refractivity contribution in [3.63, 3.8) is 0 Å². The summed E-state index contributed by atoms with van der Waals surface area (Å²) in [6.07, 6.45) is 2.92. The number of piperidine rings is 1. The Labute approximate surface area is 92.2 Å². The van der Waals surface area contributed by atoms with Crippen LogP contribution in [0.5, 0.6) is 0 Å². The molecule has 0 saturated carbocycles. The van der Waals surface area contributed by atoms with Gasteiger partial charge in [-0.1, -0.05) is 27.2 Å². The first-order valence-corrected chi connectivity index (χ1v) is 5.78. The Bertz CT molecular complexity index is 186. The Morgan fingerprint density at radius 1 is 1.13 bits per heavy atom. The van der Waals surface area contributed by atoms with E-state index in [9.17, 15) is 5.11 Å². The van der Waals surface area contributed by atoms with Crippen LogP contribution >= 0.6 is 0 Å². The van der Waals surface area contributed by atoms with Crippen molar-refractivity contribution in [1.29, 1.82) is 0 Å². The molecule has 4 nitrogen and oxygen atoms in total. The van der Waals surface area contributed by atoms with Crippen LogP contribution in [0.2, 0.25) is 0 Å². The van der Waals surface area contributed by atoms with Crippen molar-refractivity contribution >= 4 is 0 Å². The third-order valence-corrected chi connectivity index (χ3v) is 3.14. The number of rotatable bonds is 3. The van der Waals surface area contributed by atoms with Crippen LogP contribution in [0, 0.1) is 5.41 Å². The lowest BCUT2D eigenvalue weighted by atomic mass is 9.85. The second-order valence-corrected chi connectivity index (χ2v) is 5.48. The molecule has 0 spiro atoms. The summed E-state index contributed by atoms with van der Waals surface area (Å²) < 4.78 is 0. The predicted molar refractivity (Wildman–Crippen MR) is 59.6 cm³/mol. The van der Waals surface area contributed by atoms with Gasteiger partial charge in [0.15, 0.2) is 0 Å². The maximum atomic E-state index is 10.2. The summed E-state index contributed by atoms with van der Waals surface area (Å²) in [6.45, 7) is 7.88. The van der Waals surface area contributed by atoms with Gasteiger partial charge in [-0.3, -0.25) is 4.90 Å². The number of hydroxylamine groups is 1. The van der Waals surface area contributed by atoms with Gasteiger partial charge in [0.25, 0.3) is 0 Å². The Kier molecular flexibility index (Phi) is 4.52. The number of likely N-dealkylation sites (tertiary alicyclic amines) is 1. The van der Waals surface area contributed by atoms with Crippen LogP contribution in [0.3, 0.4) is 0 Å². The first-order chi connectivity index (χ1) is 6.96. The lowest BCUT2D eigenvalue weighted by Gasteiger charge is -2.40. The highest BCUT2D eigenvalue weighted by Crippen LogP contribution is 2.24. The topological polar surface area (TPSA) is 55.7 Å². The molecule has 1 fully saturated rings. The van der Waals surface area contributed by atoms with Crippen LogP contribution in [-0.4, -0.2) is 40.6 Å². The normalized spacial score (nSPS) is 23.8. The number of aliphatic hydroxyl groups excluding tert-OH is 1. The van der Waals surface area contributed by atoms with E-state index in [-0.39, 0.29) is 11.5 Å². The van der Waals surface area contributed by atoms with Gasteiger partial charge in [-0.05, 0) is 18.3 Å². The average molecular weight is 216 g/mol. The predicted octanol–water partition coefficient (Wildman–Crippen LogP) is 1.18. The zero-order chi connectivity index (χ0) is 11.5. The highest BCUT2D eigenvalue weighted by molar-refractivity contribution is 4.85. The highest BCUT2D eigenvalue weighted by atomic mass is 16.5. The Balaban J connectivity index is 2.59. The van der Waals surface area contributed by atoms with Gasteiger partial charge >= 0.3 is 0 Å². The third kappa shape index (κ3) is 3.41. The van der Waals surface area contributed by atoms with E-state index in [1.807, 2.05) is 25.7 Å².